The molecular weight excluding hydrogens is 396 g/mol. The monoisotopic (exact) mass is 410 g/mol. The molecule has 0 saturated carbocycles. The highest BCUT2D eigenvalue weighted by molar-refractivity contribution is 9.10. The van der Waals surface area contributed by atoms with E-state index in [1.807, 2.05) is 48.5 Å². The smallest absolute Gasteiger partial charge is 0.363 e. The standard InChI is InChI=1S/C20H15BrN2O3/c21-16-5-2-1-4-14(16)12-17-20(25)26-19(22-17)13-7-9-15(10-8-13)23-11-3-6-18(23)24/h1-2,4-5,7-10,12H,3,6,11H2. The summed E-state index contributed by atoms with van der Waals surface area (Å²) in [5.74, 6) is -0.0665. The van der Waals surface area contributed by atoms with Crippen molar-refractivity contribution in [2.75, 3.05) is 11.4 Å². The maximum Gasteiger partial charge on any atom is 0.363 e. The second-order valence-corrected chi connectivity index (χ2v) is 6.91. The highest BCUT2D eigenvalue weighted by atomic mass is 79.9. The topological polar surface area (TPSA) is 59.0 Å². The van der Waals surface area contributed by atoms with E-state index in [2.05, 4.69) is 20.9 Å². The molecule has 0 aliphatic carbocycles. The third-order valence-electron chi connectivity index (χ3n) is 4.32. The summed E-state index contributed by atoms with van der Waals surface area (Å²) >= 11 is 3.45. The van der Waals surface area contributed by atoms with Crippen molar-refractivity contribution >= 4 is 45.5 Å². The normalized spacial score (nSPS) is 18.4. The van der Waals surface area contributed by atoms with Crippen LogP contribution in [0, 0.1) is 0 Å². The van der Waals surface area contributed by atoms with E-state index in [9.17, 15) is 9.59 Å². The number of amides is 1. The summed E-state index contributed by atoms with van der Waals surface area (Å²) in [6.45, 7) is 0.743. The molecule has 0 radical (unpaired) electrons. The molecule has 0 bridgehead atoms. The molecule has 0 unspecified atom stereocenters. The van der Waals surface area contributed by atoms with Gasteiger partial charge >= 0.3 is 5.97 Å². The molecular formula is C20H15BrN2O3. The van der Waals surface area contributed by atoms with E-state index in [0.717, 1.165) is 28.7 Å². The average Bonchev–Trinajstić information content (AvgIpc) is 3.23. The molecule has 1 saturated heterocycles. The van der Waals surface area contributed by atoms with Crippen molar-refractivity contribution in [2.24, 2.45) is 4.99 Å². The average molecular weight is 411 g/mol. The zero-order chi connectivity index (χ0) is 18.1. The van der Waals surface area contributed by atoms with Crippen molar-refractivity contribution in [2.45, 2.75) is 12.8 Å². The summed E-state index contributed by atoms with van der Waals surface area (Å²) in [6.07, 6.45) is 3.17. The lowest BCUT2D eigenvalue weighted by Gasteiger charge is -2.15. The molecule has 26 heavy (non-hydrogen) atoms. The zero-order valence-electron chi connectivity index (χ0n) is 13.8. The summed E-state index contributed by atoms with van der Waals surface area (Å²) in [7, 11) is 0. The second kappa shape index (κ2) is 6.88. The van der Waals surface area contributed by atoms with Crippen molar-refractivity contribution in [1.82, 2.24) is 0 Å². The molecule has 0 N–H and O–H groups in total. The number of nitrogens with zero attached hydrogens (tertiary/aromatic N) is 2. The van der Waals surface area contributed by atoms with Crippen LogP contribution in [-0.2, 0) is 14.3 Å². The van der Waals surface area contributed by atoms with Crippen LogP contribution in [0.15, 0.2) is 63.7 Å². The van der Waals surface area contributed by atoms with E-state index in [1.54, 1.807) is 11.0 Å². The lowest BCUT2D eigenvalue weighted by Crippen LogP contribution is -2.23. The van der Waals surface area contributed by atoms with E-state index in [1.165, 1.54) is 0 Å². The van der Waals surface area contributed by atoms with Gasteiger partial charge in [0.05, 0.1) is 0 Å². The number of anilines is 1. The molecule has 0 atom stereocenters. The molecule has 6 heteroatoms. The van der Waals surface area contributed by atoms with Gasteiger partial charge in [0.1, 0.15) is 0 Å². The van der Waals surface area contributed by atoms with Crippen LogP contribution in [0.25, 0.3) is 6.08 Å². The fraction of sp³-hybridized carbons (Fsp3) is 0.150. The van der Waals surface area contributed by atoms with Crippen LogP contribution in [0.3, 0.4) is 0 Å². The Morgan fingerprint density at radius 2 is 1.85 bits per heavy atom. The first kappa shape index (κ1) is 16.7. The number of hydrogen-bond donors (Lipinski definition) is 0. The van der Waals surface area contributed by atoms with Gasteiger partial charge in [0, 0.05) is 28.7 Å². The number of cyclic esters (lactones) is 1. The number of carbonyl (C=O) groups is 2. The molecule has 2 heterocycles. The largest absolute Gasteiger partial charge is 0.402 e. The van der Waals surface area contributed by atoms with Gasteiger partial charge in [-0.05, 0) is 48.4 Å². The molecule has 130 valence electrons. The summed E-state index contributed by atoms with van der Waals surface area (Å²) < 4.78 is 6.18. The number of esters is 1. The van der Waals surface area contributed by atoms with Gasteiger partial charge < -0.3 is 9.64 Å². The van der Waals surface area contributed by atoms with Crippen LogP contribution < -0.4 is 4.90 Å². The summed E-state index contributed by atoms with van der Waals surface area (Å²) in [4.78, 5) is 30.0. The second-order valence-electron chi connectivity index (χ2n) is 6.05. The van der Waals surface area contributed by atoms with Crippen LogP contribution in [0.4, 0.5) is 5.69 Å². The number of aliphatic imine (C=N–C) groups is 1. The van der Waals surface area contributed by atoms with Gasteiger partial charge in [0.15, 0.2) is 5.70 Å². The zero-order valence-corrected chi connectivity index (χ0v) is 15.4. The highest BCUT2D eigenvalue weighted by Crippen LogP contribution is 2.25. The molecule has 1 amide bonds. The maximum absolute atomic E-state index is 12.1. The molecule has 2 aliphatic rings. The first-order valence-corrected chi connectivity index (χ1v) is 9.09. The summed E-state index contributed by atoms with van der Waals surface area (Å²) in [6, 6.07) is 14.9. The van der Waals surface area contributed by atoms with Crippen molar-refractivity contribution in [3.05, 3.63) is 69.8 Å². The molecule has 2 aromatic carbocycles. The first-order valence-electron chi connectivity index (χ1n) is 8.30. The van der Waals surface area contributed by atoms with E-state index >= 15 is 0 Å². The summed E-state index contributed by atoms with van der Waals surface area (Å²) in [5.41, 5.74) is 2.66. The van der Waals surface area contributed by atoms with Crippen LogP contribution in [0.2, 0.25) is 0 Å². The lowest BCUT2D eigenvalue weighted by molar-refractivity contribution is -0.130. The predicted octanol–water partition coefficient (Wildman–Crippen LogP) is 3.92. The minimum atomic E-state index is -0.477. The minimum Gasteiger partial charge on any atom is -0.402 e. The van der Waals surface area contributed by atoms with Crippen molar-refractivity contribution in [1.29, 1.82) is 0 Å². The van der Waals surface area contributed by atoms with E-state index in [-0.39, 0.29) is 17.5 Å². The molecule has 5 nitrogen and oxygen atoms in total. The fourth-order valence-corrected chi connectivity index (χ4v) is 3.38. The van der Waals surface area contributed by atoms with Gasteiger partial charge in [0.25, 0.3) is 0 Å². The Bertz CT molecular complexity index is 948. The Balaban J connectivity index is 1.59. The Hall–Kier alpha value is -2.73. The molecule has 0 aromatic heterocycles. The number of carbonyl (C=O) groups excluding carboxylic acids is 2. The SMILES string of the molecule is O=C1OC(c2ccc(N3CCCC3=O)cc2)=NC1=Cc1ccccc1Br. The van der Waals surface area contributed by atoms with E-state index < -0.39 is 5.97 Å². The minimum absolute atomic E-state index is 0.140. The van der Waals surface area contributed by atoms with E-state index in [0.29, 0.717) is 12.0 Å². The number of ether oxygens (including phenoxy) is 1. The maximum atomic E-state index is 12.1. The van der Waals surface area contributed by atoms with Gasteiger partial charge in [-0.1, -0.05) is 34.1 Å². The third-order valence-corrected chi connectivity index (χ3v) is 5.04. The van der Waals surface area contributed by atoms with Crippen LogP contribution in [-0.4, -0.2) is 24.3 Å². The predicted molar refractivity (Wildman–Crippen MR) is 103 cm³/mol. The van der Waals surface area contributed by atoms with Crippen molar-refractivity contribution < 1.29 is 14.3 Å². The van der Waals surface area contributed by atoms with Crippen LogP contribution in [0.5, 0.6) is 0 Å². The number of halogens is 1. The fourth-order valence-electron chi connectivity index (χ4n) is 2.98. The Kier molecular flexibility index (Phi) is 4.42. The van der Waals surface area contributed by atoms with Gasteiger partial charge in [0.2, 0.25) is 11.8 Å². The molecule has 2 aromatic rings. The van der Waals surface area contributed by atoms with Crippen molar-refractivity contribution in [3.8, 4) is 0 Å². The number of rotatable bonds is 3. The van der Waals surface area contributed by atoms with Gasteiger partial charge in [-0.25, -0.2) is 9.79 Å². The van der Waals surface area contributed by atoms with E-state index in [4.69, 9.17) is 4.74 Å². The molecule has 2 aliphatic heterocycles. The number of benzene rings is 2. The van der Waals surface area contributed by atoms with Crippen LogP contribution in [0.1, 0.15) is 24.0 Å². The van der Waals surface area contributed by atoms with Gasteiger partial charge in [-0.3, -0.25) is 4.79 Å². The Morgan fingerprint density at radius 3 is 2.54 bits per heavy atom. The summed E-state index contributed by atoms with van der Waals surface area (Å²) in [5, 5.41) is 0. The van der Waals surface area contributed by atoms with Gasteiger partial charge in [-0.15, -0.1) is 0 Å². The Morgan fingerprint density at radius 1 is 1.08 bits per heavy atom. The first-order chi connectivity index (χ1) is 12.6. The highest BCUT2D eigenvalue weighted by Gasteiger charge is 2.25. The number of hydrogen-bond acceptors (Lipinski definition) is 4. The molecule has 0 spiro atoms. The van der Waals surface area contributed by atoms with Gasteiger partial charge in [-0.2, -0.15) is 0 Å². The lowest BCUT2D eigenvalue weighted by atomic mass is 10.2. The van der Waals surface area contributed by atoms with Crippen LogP contribution >= 0.6 is 15.9 Å². The third kappa shape index (κ3) is 3.20. The molecule has 1 fully saturated rings. The quantitative estimate of drug-likeness (QED) is 0.568. The Labute approximate surface area is 159 Å². The van der Waals surface area contributed by atoms with Crippen molar-refractivity contribution in [3.63, 3.8) is 0 Å². The molecule has 4 rings (SSSR count).